The van der Waals surface area contributed by atoms with Crippen LogP contribution in [0.25, 0.3) is 10.9 Å². The lowest BCUT2D eigenvalue weighted by Gasteiger charge is -2.09. The third kappa shape index (κ3) is 5.09. The first kappa shape index (κ1) is 20.3. The van der Waals surface area contributed by atoms with Gasteiger partial charge in [0.15, 0.2) is 0 Å². The first-order chi connectivity index (χ1) is 14.0. The summed E-state index contributed by atoms with van der Waals surface area (Å²) >= 11 is 5.84. The van der Waals surface area contributed by atoms with E-state index in [0.717, 1.165) is 16.5 Å². The highest BCUT2D eigenvalue weighted by molar-refractivity contribution is 6.31. The first-order valence-electron chi connectivity index (χ1n) is 8.84. The van der Waals surface area contributed by atoms with E-state index in [-0.39, 0.29) is 23.4 Å². The van der Waals surface area contributed by atoms with Gasteiger partial charge in [-0.15, -0.1) is 6.58 Å². The normalized spacial score (nSPS) is 11.3. The number of nitrogens with one attached hydrogen (secondary N) is 2. The van der Waals surface area contributed by atoms with Crippen LogP contribution < -0.4 is 10.6 Å². The molecule has 2 aromatic carbocycles. The Balaban J connectivity index is 1.81. The van der Waals surface area contributed by atoms with Crippen LogP contribution >= 0.6 is 11.6 Å². The zero-order chi connectivity index (χ0) is 20.8. The Bertz CT molecular complexity index is 1140. The maximum atomic E-state index is 13.4. The number of halogens is 2. The Morgan fingerprint density at radius 2 is 2.14 bits per heavy atom. The molecule has 0 aliphatic rings. The van der Waals surface area contributed by atoms with Crippen LogP contribution in [0.5, 0.6) is 0 Å². The summed E-state index contributed by atoms with van der Waals surface area (Å²) in [5.74, 6) is 5.62. The van der Waals surface area contributed by atoms with Gasteiger partial charge < -0.3 is 10.6 Å². The molecular formula is C22H18ClFN4O. The van der Waals surface area contributed by atoms with Crippen LogP contribution in [-0.2, 0) is 4.79 Å². The summed E-state index contributed by atoms with van der Waals surface area (Å²) in [6.07, 6.45) is 3.02. The molecule has 3 aromatic rings. The van der Waals surface area contributed by atoms with Gasteiger partial charge in [0.05, 0.1) is 23.0 Å². The maximum Gasteiger partial charge on any atom is 0.227 e. The predicted octanol–water partition coefficient (Wildman–Crippen LogP) is 4.46. The minimum absolute atomic E-state index is 0.0211. The second kappa shape index (κ2) is 9.18. The third-order valence-corrected chi connectivity index (χ3v) is 4.46. The summed E-state index contributed by atoms with van der Waals surface area (Å²) in [6, 6.07) is 9.88. The van der Waals surface area contributed by atoms with Crippen LogP contribution in [0.4, 0.5) is 15.9 Å². The number of anilines is 2. The Morgan fingerprint density at radius 1 is 1.31 bits per heavy atom. The summed E-state index contributed by atoms with van der Waals surface area (Å²) in [6.45, 7) is 5.59. The lowest BCUT2D eigenvalue weighted by atomic mass is 10.1. The Kier molecular flexibility index (Phi) is 6.43. The van der Waals surface area contributed by atoms with E-state index in [9.17, 15) is 9.18 Å². The molecule has 3 rings (SSSR count). The largest absolute Gasteiger partial charge is 0.345 e. The van der Waals surface area contributed by atoms with Gasteiger partial charge in [0, 0.05) is 16.6 Å². The molecule has 1 unspecified atom stereocenters. The standard InChI is InChI=1S/C22H18ClFN4O/c1-3-14(2)22(29)25-10-4-5-15-6-9-20-17(11-15)21(27-13-26-20)28-16-7-8-19(24)18(23)12-16/h3,6-9,11-14H,1,10H2,2H3,(H,25,29)(H,26,27,28). The second-order valence-electron chi connectivity index (χ2n) is 6.25. The van der Waals surface area contributed by atoms with E-state index in [4.69, 9.17) is 11.6 Å². The number of hydrogen-bond donors (Lipinski definition) is 2. The fourth-order valence-electron chi connectivity index (χ4n) is 2.49. The average molecular weight is 409 g/mol. The molecule has 0 saturated heterocycles. The molecule has 7 heteroatoms. The number of nitrogens with zero attached hydrogens (tertiary/aromatic N) is 2. The SMILES string of the molecule is C=CC(C)C(=O)NCC#Cc1ccc2ncnc(Nc3ccc(F)c(Cl)c3)c2c1. The molecular weight excluding hydrogens is 391 g/mol. The van der Waals surface area contributed by atoms with Crippen molar-refractivity contribution < 1.29 is 9.18 Å². The number of benzene rings is 2. The van der Waals surface area contributed by atoms with Crippen LogP contribution in [0.15, 0.2) is 55.4 Å². The van der Waals surface area contributed by atoms with Crippen LogP contribution in [0.3, 0.4) is 0 Å². The van der Waals surface area contributed by atoms with Crippen molar-refractivity contribution >= 4 is 39.9 Å². The summed E-state index contributed by atoms with van der Waals surface area (Å²) in [4.78, 5) is 20.2. The average Bonchev–Trinajstić information content (AvgIpc) is 2.73. The number of carbonyl (C=O) groups excluding carboxylic acids is 1. The zero-order valence-corrected chi connectivity index (χ0v) is 16.4. The van der Waals surface area contributed by atoms with Gasteiger partial charge in [-0.1, -0.05) is 36.4 Å². The Morgan fingerprint density at radius 3 is 2.90 bits per heavy atom. The van der Waals surface area contributed by atoms with E-state index in [2.05, 4.69) is 39.0 Å². The van der Waals surface area contributed by atoms with E-state index >= 15 is 0 Å². The summed E-state index contributed by atoms with van der Waals surface area (Å²) in [5.41, 5.74) is 2.08. The van der Waals surface area contributed by atoms with Gasteiger partial charge in [0.25, 0.3) is 0 Å². The minimum Gasteiger partial charge on any atom is -0.345 e. The minimum atomic E-state index is -0.489. The van der Waals surface area contributed by atoms with Crippen LogP contribution in [-0.4, -0.2) is 22.4 Å². The topological polar surface area (TPSA) is 66.9 Å². The van der Waals surface area contributed by atoms with Crippen molar-refractivity contribution in [2.24, 2.45) is 5.92 Å². The molecule has 0 bridgehead atoms. The lowest BCUT2D eigenvalue weighted by Crippen LogP contribution is -2.28. The van der Waals surface area contributed by atoms with Crippen LogP contribution in [0.1, 0.15) is 12.5 Å². The van der Waals surface area contributed by atoms with Gasteiger partial charge >= 0.3 is 0 Å². The Labute approximate surface area is 173 Å². The fraction of sp³-hybridized carbons (Fsp3) is 0.136. The number of aromatic nitrogens is 2. The summed E-state index contributed by atoms with van der Waals surface area (Å²) < 4.78 is 13.4. The van der Waals surface area contributed by atoms with Crippen molar-refractivity contribution in [3.63, 3.8) is 0 Å². The quantitative estimate of drug-likeness (QED) is 0.483. The molecule has 29 heavy (non-hydrogen) atoms. The molecule has 1 heterocycles. The van der Waals surface area contributed by atoms with Crippen molar-refractivity contribution in [1.29, 1.82) is 0 Å². The highest BCUT2D eigenvalue weighted by atomic mass is 35.5. The van der Waals surface area contributed by atoms with Gasteiger partial charge in [-0.25, -0.2) is 14.4 Å². The van der Waals surface area contributed by atoms with E-state index in [1.54, 1.807) is 19.1 Å². The molecule has 0 fully saturated rings. The molecule has 1 aromatic heterocycles. The number of fused-ring (bicyclic) bond motifs is 1. The predicted molar refractivity (Wildman–Crippen MR) is 113 cm³/mol. The fourth-order valence-corrected chi connectivity index (χ4v) is 2.67. The van der Waals surface area contributed by atoms with Crippen LogP contribution in [0, 0.1) is 23.6 Å². The van der Waals surface area contributed by atoms with Crippen molar-refractivity contribution in [2.75, 3.05) is 11.9 Å². The maximum absolute atomic E-state index is 13.4. The van der Waals surface area contributed by atoms with Gasteiger partial charge in [-0.2, -0.15) is 0 Å². The van der Waals surface area contributed by atoms with Crippen molar-refractivity contribution in [2.45, 2.75) is 6.92 Å². The van der Waals surface area contributed by atoms with E-state index in [1.165, 1.54) is 18.5 Å². The molecule has 0 saturated carbocycles. The van der Waals surface area contributed by atoms with Gasteiger partial charge in [0.1, 0.15) is 18.0 Å². The van der Waals surface area contributed by atoms with Gasteiger partial charge in [-0.05, 0) is 36.4 Å². The molecule has 0 aliphatic heterocycles. The Hall–Kier alpha value is -3.43. The van der Waals surface area contributed by atoms with Gasteiger partial charge in [-0.3, -0.25) is 4.79 Å². The first-order valence-corrected chi connectivity index (χ1v) is 9.21. The van der Waals surface area contributed by atoms with Crippen molar-refractivity contribution in [3.05, 3.63) is 71.8 Å². The molecule has 0 radical (unpaired) electrons. The molecule has 0 spiro atoms. The highest BCUT2D eigenvalue weighted by Gasteiger charge is 2.08. The highest BCUT2D eigenvalue weighted by Crippen LogP contribution is 2.26. The second-order valence-corrected chi connectivity index (χ2v) is 6.66. The monoisotopic (exact) mass is 408 g/mol. The summed E-state index contributed by atoms with van der Waals surface area (Å²) in [5, 5.41) is 6.63. The molecule has 146 valence electrons. The number of carbonyl (C=O) groups is 1. The third-order valence-electron chi connectivity index (χ3n) is 4.17. The lowest BCUT2D eigenvalue weighted by molar-refractivity contribution is -0.122. The van der Waals surface area contributed by atoms with Crippen LogP contribution in [0.2, 0.25) is 5.02 Å². The smallest absolute Gasteiger partial charge is 0.227 e. The zero-order valence-electron chi connectivity index (χ0n) is 15.7. The molecule has 1 atom stereocenters. The number of amides is 1. The summed E-state index contributed by atoms with van der Waals surface area (Å²) in [7, 11) is 0. The van der Waals surface area contributed by atoms with E-state index in [0.29, 0.717) is 11.5 Å². The van der Waals surface area contributed by atoms with Crippen molar-refractivity contribution in [1.82, 2.24) is 15.3 Å². The molecule has 1 amide bonds. The van der Waals surface area contributed by atoms with Gasteiger partial charge in [0.2, 0.25) is 5.91 Å². The number of rotatable bonds is 5. The number of hydrogen-bond acceptors (Lipinski definition) is 4. The molecule has 0 aliphatic carbocycles. The molecule has 2 N–H and O–H groups in total. The van der Waals surface area contributed by atoms with E-state index in [1.807, 2.05) is 18.2 Å². The molecule has 5 nitrogen and oxygen atoms in total. The van der Waals surface area contributed by atoms with Crippen molar-refractivity contribution in [3.8, 4) is 11.8 Å². The van der Waals surface area contributed by atoms with E-state index < -0.39 is 5.82 Å².